The fourth-order valence-electron chi connectivity index (χ4n) is 1.28. The highest BCUT2D eigenvalue weighted by Gasteiger charge is 2.11. The van der Waals surface area contributed by atoms with Gasteiger partial charge in [0.05, 0.1) is 15.1 Å². The minimum absolute atomic E-state index is 0.252. The number of hydrogen-bond donors (Lipinski definition) is 0. The Bertz CT molecular complexity index is 405. The van der Waals surface area contributed by atoms with Crippen LogP contribution in [0.3, 0.4) is 0 Å². The molecular weight excluding hydrogens is 282 g/mol. The minimum Gasteiger partial charge on any atom is -0.425 e. The third kappa shape index (κ3) is 4.74. The van der Waals surface area contributed by atoms with Crippen LogP contribution in [0, 0.1) is 0 Å². The first kappa shape index (κ1) is 14.6. The van der Waals surface area contributed by atoms with Crippen LogP contribution in [0.15, 0.2) is 12.1 Å². The monoisotopic (exact) mass is 294 g/mol. The van der Waals surface area contributed by atoms with Gasteiger partial charge in [-0.25, -0.2) is 0 Å². The lowest BCUT2D eigenvalue weighted by Crippen LogP contribution is -2.07. The molecule has 94 valence electrons. The topological polar surface area (TPSA) is 26.3 Å². The molecule has 1 aromatic rings. The molecule has 0 fully saturated rings. The van der Waals surface area contributed by atoms with Gasteiger partial charge in [-0.15, -0.1) is 0 Å². The summed E-state index contributed by atoms with van der Waals surface area (Å²) in [5, 5.41) is 0.929. The van der Waals surface area contributed by atoms with Crippen LogP contribution in [0.1, 0.15) is 32.6 Å². The largest absolute Gasteiger partial charge is 0.425 e. The van der Waals surface area contributed by atoms with Gasteiger partial charge >= 0.3 is 5.97 Å². The van der Waals surface area contributed by atoms with Crippen molar-refractivity contribution < 1.29 is 9.53 Å². The van der Waals surface area contributed by atoms with Crippen LogP contribution in [0.5, 0.6) is 5.75 Å². The van der Waals surface area contributed by atoms with Crippen molar-refractivity contribution in [3.8, 4) is 5.75 Å². The van der Waals surface area contributed by atoms with Crippen molar-refractivity contribution >= 4 is 40.8 Å². The fraction of sp³-hybridized carbons (Fsp3) is 0.417. The van der Waals surface area contributed by atoms with Gasteiger partial charge < -0.3 is 4.74 Å². The van der Waals surface area contributed by atoms with Crippen LogP contribution in [-0.2, 0) is 4.79 Å². The summed E-state index contributed by atoms with van der Waals surface area (Å²) >= 11 is 17.5. The van der Waals surface area contributed by atoms with Crippen molar-refractivity contribution in [1.82, 2.24) is 0 Å². The minimum atomic E-state index is -0.307. The van der Waals surface area contributed by atoms with Crippen molar-refractivity contribution in [3.05, 3.63) is 27.2 Å². The maximum atomic E-state index is 11.5. The number of halogens is 3. The summed E-state index contributed by atoms with van der Waals surface area (Å²) in [5.74, 6) is -0.0543. The number of rotatable bonds is 5. The average Bonchev–Trinajstić information content (AvgIpc) is 2.26. The molecule has 0 spiro atoms. The van der Waals surface area contributed by atoms with Gasteiger partial charge in [0.2, 0.25) is 0 Å². The average molecular weight is 296 g/mol. The predicted octanol–water partition coefficient (Wildman–Crippen LogP) is 5.13. The van der Waals surface area contributed by atoms with Gasteiger partial charge in [0.1, 0.15) is 0 Å². The van der Waals surface area contributed by atoms with Crippen molar-refractivity contribution in [2.75, 3.05) is 0 Å². The van der Waals surface area contributed by atoms with Crippen LogP contribution in [-0.4, -0.2) is 5.97 Å². The zero-order valence-electron chi connectivity index (χ0n) is 9.43. The summed E-state index contributed by atoms with van der Waals surface area (Å²) in [5.41, 5.74) is 0. The SMILES string of the molecule is CCCCCC(=O)Oc1cc(Cl)c(Cl)cc1Cl. The van der Waals surface area contributed by atoms with E-state index in [1.165, 1.54) is 12.1 Å². The molecular formula is C12H13Cl3O2. The van der Waals surface area contributed by atoms with Gasteiger partial charge in [-0.3, -0.25) is 4.79 Å². The Labute approximate surface area is 116 Å². The highest BCUT2D eigenvalue weighted by molar-refractivity contribution is 6.43. The zero-order valence-corrected chi connectivity index (χ0v) is 11.7. The van der Waals surface area contributed by atoms with Crippen LogP contribution in [0.2, 0.25) is 15.1 Å². The van der Waals surface area contributed by atoms with E-state index in [0.29, 0.717) is 16.5 Å². The lowest BCUT2D eigenvalue weighted by molar-refractivity contribution is -0.134. The molecule has 0 bridgehead atoms. The molecule has 0 unspecified atom stereocenters. The predicted molar refractivity (Wildman–Crippen MR) is 71.2 cm³/mol. The molecule has 0 radical (unpaired) electrons. The second-order valence-corrected chi connectivity index (χ2v) is 4.85. The molecule has 0 aromatic heterocycles. The van der Waals surface area contributed by atoms with Crippen LogP contribution >= 0.6 is 34.8 Å². The number of carbonyl (C=O) groups is 1. The first-order valence-electron chi connectivity index (χ1n) is 5.39. The zero-order chi connectivity index (χ0) is 12.8. The van der Waals surface area contributed by atoms with Crippen molar-refractivity contribution in [3.63, 3.8) is 0 Å². The molecule has 2 nitrogen and oxygen atoms in total. The summed E-state index contributed by atoms with van der Waals surface area (Å²) < 4.78 is 5.11. The van der Waals surface area contributed by atoms with Crippen molar-refractivity contribution in [1.29, 1.82) is 0 Å². The molecule has 1 rings (SSSR count). The Kier molecular flexibility index (Phi) is 6.10. The molecule has 1 aromatic carbocycles. The highest BCUT2D eigenvalue weighted by Crippen LogP contribution is 2.34. The fourth-order valence-corrected chi connectivity index (χ4v) is 1.85. The number of hydrogen-bond acceptors (Lipinski definition) is 2. The molecule has 0 N–H and O–H groups in total. The molecule has 0 saturated heterocycles. The second-order valence-electron chi connectivity index (χ2n) is 3.63. The van der Waals surface area contributed by atoms with E-state index in [2.05, 4.69) is 6.92 Å². The summed E-state index contributed by atoms with van der Waals surface area (Å²) in [6.45, 7) is 2.07. The van der Waals surface area contributed by atoms with Gasteiger partial charge in [-0.2, -0.15) is 0 Å². The van der Waals surface area contributed by atoms with E-state index in [-0.39, 0.29) is 16.7 Å². The molecule has 0 amide bonds. The quantitative estimate of drug-likeness (QED) is 0.326. The smallest absolute Gasteiger partial charge is 0.311 e. The van der Waals surface area contributed by atoms with Gasteiger partial charge in [0.25, 0.3) is 0 Å². The van der Waals surface area contributed by atoms with E-state index in [1.807, 2.05) is 0 Å². The Morgan fingerprint density at radius 1 is 1.12 bits per heavy atom. The number of benzene rings is 1. The van der Waals surface area contributed by atoms with Gasteiger partial charge in [-0.1, -0.05) is 54.6 Å². The second kappa shape index (κ2) is 7.10. The van der Waals surface area contributed by atoms with E-state index < -0.39 is 0 Å². The summed E-state index contributed by atoms with van der Waals surface area (Å²) in [7, 11) is 0. The third-order valence-corrected chi connectivity index (χ3v) is 3.20. The van der Waals surface area contributed by atoms with Crippen molar-refractivity contribution in [2.24, 2.45) is 0 Å². The number of ether oxygens (including phenoxy) is 1. The normalized spacial score (nSPS) is 10.4. The van der Waals surface area contributed by atoms with E-state index in [0.717, 1.165) is 19.3 Å². The number of carbonyl (C=O) groups excluding carboxylic acids is 1. The first-order valence-corrected chi connectivity index (χ1v) is 6.53. The molecule has 0 aliphatic heterocycles. The van der Waals surface area contributed by atoms with Gasteiger partial charge in [0, 0.05) is 12.5 Å². The maximum Gasteiger partial charge on any atom is 0.311 e. The Morgan fingerprint density at radius 3 is 2.41 bits per heavy atom. The van der Waals surface area contributed by atoms with Crippen LogP contribution in [0.4, 0.5) is 0 Å². The third-order valence-electron chi connectivity index (χ3n) is 2.18. The van der Waals surface area contributed by atoms with E-state index >= 15 is 0 Å². The Balaban J connectivity index is 2.62. The lowest BCUT2D eigenvalue weighted by Gasteiger charge is -2.07. The van der Waals surface area contributed by atoms with Gasteiger partial charge in [0.15, 0.2) is 5.75 Å². The molecule has 17 heavy (non-hydrogen) atoms. The number of esters is 1. The van der Waals surface area contributed by atoms with Crippen LogP contribution in [0.25, 0.3) is 0 Å². The summed E-state index contributed by atoms with van der Waals surface area (Å²) in [6.07, 6.45) is 3.25. The molecule has 5 heteroatoms. The maximum absolute atomic E-state index is 11.5. The summed E-state index contributed by atoms with van der Waals surface area (Å²) in [4.78, 5) is 11.5. The molecule has 0 heterocycles. The van der Waals surface area contributed by atoms with Gasteiger partial charge in [-0.05, 0) is 12.5 Å². The van der Waals surface area contributed by atoms with E-state index in [1.54, 1.807) is 0 Å². The Hall–Kier alpha value is -0.440. The lowest BCUT2D eigenvalue weighted by atomic mass is 10.2. The number of unbranched alkanes of at least 4 members (excludes halogenated alkanes) is 2. The van der Waals surface area contributed by atoms with Crippen molar-refractivity contribution in [2.45, 2.75) is 32.6 Å². The standard InChI is InChI=1S/C12H13Cl3O2/c1-2-3-4-5-12(16)17-11-7-9(14)8(13)6-10(11)15/h6-7H,2-5H2,1H3. The molecule has 0 atom stereocenters. The summed E-state index contributed by atoms with van der Waals surface area (Å²) in [6, 6.07) is 2.91. The van der Waals surface area contributed by atoms with Crippen LogP contribution < -0.4 is 4.74 Å². The van der Waals surface area contributed by atoms with E-state index in [9.17, 15) is 4.79 Å². The van der Waals surface area contributed by atoms with E-state index in [4.69, 9.17) is 39.5 Å². The molecule has 0 aliphatic rings. The highest BCUT2D eigenvalue weighted by atomic mass is 35.5. The first-order chi connectivity index (χ1) is 8.04. The molecule has 0 saturated carbocycles. The molecule has 0 aliphatic carbocycles. The Morgan fingerprint density at radius 2 is 1.76 bits per heavy atom.